The highest BCUT2D eigenvalue weighted by molar-refractivity contribution is 5.81. The summed E-state index contributed by atoms with van der Waals surface area (Å²) in [5.41, 5.74) is 9.09. The maximum atomic E-state index is 6.57. The molecule has 1 aliphatic carbocycles. The average molecular weight is 228 g/mol. The van der Waals surface area contributed by atoms with Gasteiger partial charge in [-0.25, -0.2) is 0 Å². The van der Waals surface area contributed by atoms with Crippen LogP contribution in [0.15, 0.2) is 30.5 Å². The molecule has 2 N–H and O–H groups in total. The predicted octanol–water partition coefficient (Wildman–Crippen LogP) is 3.30. The van der Waals surface area contributed by atoms with Gasteiger partial charge in [-0.3, -0.25) is 0 Å². The van der Waals surface area contributed by atoms with Crippen LogP contribution in [0.1, 0.15) is 37.7 Å². The van der Waals surface area contributed by atoms with Crippen molar-refractivity contribution in [2.24, 2.45) is 12.8 Å². The number of hydrogen-bond acceptors (Lipinski definition) is 1. The molecule has 2 aromatic rings. The van der Waals surface area contributed by atoms with E-state index in [9.17, 15) is 0 Å². The average Bonchev–Trinajstić information content (AvgIpc) is 2.72. The van der Waals surface area contributed by atoms with Gasteiger partial charge in [-0.2, -0.15) is 0 Å². The summed E-state index contributed by atoms with van der Waals surface area (Å²) in [6.45, 7) is 0. The summed E-state index contributed by atoms with van der Waals surface area (Å²) in [6.07, 6.45) is 8.24. The van der Waals surface area contributed by atoms with E-state index in [4.69, 9.17) is 5.73 Å². The fourth-order valence-corrected chi connectivity index (χ4v) is 3.06. The minimum Gasteiger partial charge on any atom is -0.351 e. The van der Waals surface area contributed by atoms with Crippen molar-refractivity contribution < 1.29 is 0 Å². The van der Waals surface area contributed by atoms with Crippen molar-refractivity contribution in [2.45, 2.75) is 37.6 Å². The third-order valence-corrected chi connectivity index (χ3v) is 4.21. The van der Waals surface area contributed by atoms with E-state index in [0.29, 0.717) is 0 Å². The minimum atomic E-state index is -0.0811. The molecule has 0 bridgehead atoms. The Kier molecular flexibility index (Phi) is 2.48. The van der Waals surface area contributed by atoms with Crippen molar-refractivity contribution in [2.75, 3.05) is 0 Å². The zero-order valence-corrected chi connectivity index (χ0v) is 10.4. The zero-order valence-electron chi connectivity index (χ0n) is 10.4. The van der Waals surface area contributed by atoms with Crippen LogP contribution in [-0.2, 0) is 12.6 Å². The minimum absolute atomic E-state index is 0.0811. The highest BCUT2D eigenvalue weighted by Gasteiger charge is 2.29. The molecule has 0 unspecified atom stereocenters. The second-order valence-corrected chi connectivity index (χ2v) is 5.42. The van der Waals surface area contributed by atoms with Crippen LogP contribution in [0.5, 0.6) is 0 Å². The summed E-state index contributed by atoms with van der Waals surface area (Å²) >= 11 is 0. The van der Waals surface area contributed by atoms with Crippen LogP contribution < -0.4 is 5.73 Å². The van der Waals surface area contributed by atoms with E-state index in [1.165, 1.54) is 35.7 Å². The fourth-order valence-electron chi connectivity index (χ4n) is 3.06. The molecule has 0 amide bonds. The summed E-state index contributed by atoms with van der Waals surface area (Å²) in [5, 5.41) is 1.31. The van der Waals surface area contributed by atoms with Gasteiger partial charge in [-0.15, -0.1) is 0 Å². The van der Waals surface area contributed by atoms with E-state index in [-0.39, 0.29) is 5.54 Å². The first-order chi connectivity index (χ1) is 8.19. The van der Waals surface area contributed by atoms with Gasteiger partial charge in [-0.1, -0.05) is 25.3 Å². The number of hydrogen-bond donors (Lipinski definition) is 1. The Bertz CT molecular complexity index is 533. The monoisotopic (exact) mass is 228 g/mol. The molecule has 0 saturated heterocycles. The number of benzene rings is 1. The molecule has 17 heavy (non-hydrogen) atoms. The van der Waals surface area contributed by atoms with Gasteiger partial charge in [0, 0.05) is 24.3 Å². The summed E-state index contributed by atoms with van der Waals surface area (Å²) in [6, 6.07) is 8.87. The van der Waals surface area contributed by atoms with Gasteiger partial charge in [0.05, 0.1) is 0 Å². The molecule has 3 rings (SSSR count). The Morgan fingerprint density at radius 2 is 1.88 bits per heavy atom. The molecule has 1 saturated carbocycles. The van der Waals surface area contributed by atoms with Gasteiger partial charge in [0.1, 0.15) is 0 Å². The largest absolute Gasteiger partial charge is 0.351 e. The van der Waals surface area contributed by atoms with Crippen LogP contribution in [-0.4, -0.2) is 4.57 Å². The maximum Gasteiger partial charge on any atom is 0.0477 e. The van der Waals surface area contributed by atoms with Crippen molar-refractivity contribution in [1.82, 2.24) is 4.57 Å². The van der Waals surface area contributed by atoms with Crippen LogP contribution in [0.2, 0.25) is 0 Å². The Hall–Kier alpha value is -1.28. The van der Waals surface area contributed by atoms with Crippen LogP contribution in [0, 0.1) is 0 Å². The quantitative estimate of drug-likeness (QED) is 0.797. The number of rotatable bonds is 1. The fraction of sp³-hybridized carbons (Fsp3) is 0.467. The summed E-state index contributed by atoms with van der Waals surface area (Å²) in [4.78, 5) is 0. The van der Waals surface area contributed by atoms with Crippen molar-refractivity contribution in [1.29, 1.82) is 0 Å². The number of nitrogens with zero attached hydrogens (tertiary/aromatic N) is 1. The van der Waals surface area contributed by atoms with E-state index in [1.54, 1.807) is 0 Å². The number of aromatic nitrogens is 1. The standard InChI is InChI=1S/C15H20N2/c1-17-10-7-12-11-13(5-6-14(12)17)15(16)8-3-2-4-9-15/h5-7,10-11H,2-4,8-9,16H2,1H3. The SMILES string of the molecule is Cn1ccc2cc(C3(N)CCCCC3)ccc21. The third kappa shape index (κ3) is 1.77. The molecular weight excluding hydrogens is 208 g/mol. The van der Waals surface area contributed by atoms with Crippen molar-refractivity contribution in [3.63, 3.8) is 0 Å². The van der Waals surface area contributed by atoms with Crippen LogP contribution in [0.25, 0.3) is 10.9 Å². The molecule has 1 heterocycles. The van der Waals surface area contributed by atoms with E-state index < -0.39 is 0 Å². The lowest BCUT2D eigenvalue weighted by Gasteiger charge is -2.34. The van der Waals surface area contributed by atoms with Gasteiger partial charge in [0.25, 0.3) is 0 Å². The second kappa shape index (κ2) is 3.88. The molecule has 0 spiro atoms. The zero-order chi connectivity index (χ0) is 11.9. The first kappa shape index (κ1) is 10.8. The summed E-state index contributed by atoms with van der Waals surface area (Å²) in [7, 11) is 2.08. The van der Waals surface area contributed by atoms with Gasteiger partial charge in [0.15, 0.2) is 0 Å². The Morgan fingerprint density at radius 3 is 2.65 bits per heavy atom. The maximum absolute atomic E-state index is 6.57. The third-order valence-electron chi connectivity index (χ3n) is 4.21. The van der Waals surface area contributed by atoms with Gasteiger partial charge in [0.2, 0.25) is 0 Å². The number of nitrogens with two attached hydrogens (primary N) is 1. The molecule has 90 valence electrons. The van der Waals surface area contributed by atoms with E-state index >= 15 is 0 Å². The van der Waals surface area contributed by atoms with Crippen molar-refractivity contribution in [3.05, 3.63) is 36.0 Å². The molecule has 1 fully saturated rings. The first-order valence-electron chi connectivity index (χ1n) is 6.53. The molecule has 1 aromatic carbocycles. The Labute approximate surface area is 102 Å². The number of aryl methyl sites for hydroxylation is 1. The van der Waals surface area contributed by atoms with Gasteiger partial charge in [-0.05, 0) is 42.0 Å². The predicted molar refractivity (Wildman–Crippen MR) is 71.9 cm³/mol. The van der Waals surface area contributed by atoms with Gasteiger partial charge >= 0.3 is 0 Å². The van der Waals surface area contributed by atoms with E-state index in [2.05, 4.69) is 42.1 Å². The smallest absolute Gasteiger partial charge is 0.0477 e. The van der Waals surface area contributed by atoms with Crippen LogP contribution in [0.4, 0.5) is 0 Å². The lowest BCUT2D eigenvalue weighted by molar-refractivity contribution is 0.302. The molecule has 2 nitrogen and oxygen atoms in total. The number of fused-ring (bicyclic) bond motifs is 1. The molecule has 0 atom stereocenters. The van der Waals surface area contributed by atoms with E-state index in [0.717, 1.165) is 12.8 Å². The summed E-state index contributed by atoms with van der Waals surface area (Å²) in [5.74, 6) is 0. The highest BCUT2D eigenvalue weighted by atomic mass is 14.9. The topological polar surface area (TPSA) is 30.9 Å². The lowest BCUT2D eigenvalue weighted by atomic mass is 9.77. The van der Waals surface area contributed by atoms with Crippen molar-refractivity contribution in [3.8, 4) is 0 Å². The molecule has 1 aromatic heterocycles. The van der Waals surface area contributed by atoms with Crippen molar-refractivity contribution >= 4 is 10.9 Å². The van der Waals surface area contributed by atoms with Crippen LogP contribution >= 0.6 is 0 Å². The Morgan fingerprint density at radius 1 is 1.12 bits per heavy atom. The second-order valence-electron chi connectivity index (χ2n) is 5.42. The molecule has 1 aliphatic rings. The van der Waals surface area contributed by atoms with E-state index in [1.807, 2.05) is 0 Å². The lowest BCUT2D eigenvalue weighted by Crippen LogP contribution is -2.38. The van der Waals surface area contributed by atoms with Gasteiger partial charge < -0.3 is 10.3 Å². The normalized spacial score (nSPS) is 19.6. The molecule has 0 radical (unpaired) electrons. The molecule has 2 heteroatoms. The van der Waals surface area contributed by atoms with Crippen LogP contribution in [0.3, 0.4) is 0 Å². The highest BCUT2D eigenvalue weighted by Crippen LogP contribution is 2.35. The Balaban J connectivity index is 2.05. The first-order valence-corrected chi connectivity index (χ1v) is 6.53. The summed E-state index contributed by atoms with van der Waals surface area (Å²) < 4.78 is 2.16. The molecule has 0 aliphatic heterocycles. The molecular formula is C15H20N2.